The Kier molecular flexibility index (Phi) is 5.15. The van der Waals surface area contributed by atoms with Gasteiger partial charge in [-0.15, -0.1) is 13.2 Å². The third kappa shape index (κ3) is 6.55. The second-order valence-electron chi connectivity index (χ2n) is 4.23. The molecule has 4 nitrogen and oxygen atoms in total. The van der Waals surface area contributed by atoms with E-state index in [4.69, 9.17) is 0 Å². The van der Waals surface area contributed by atoms with Crippen molar-refractivity contribution in [2.45, 2.75) is 19.2 Å². The third-order valence-electron chi connectivity index (χ3n) is 2.33. The van der Waals surface area contributed by atoms with Crippen molar-refractivity contribution in [2.24, 2.45) is 0 Å². The lowest BCUT2D eigenvalue weighted by Gasteiger charge is -2.08. The first-order valence-corrected chi connectivity index (χ1v) is 7.70. The number of rotatable bonds is 6. The zero-order chi connectivity index (χ0) is 15.4. The number of ketones is 1. The summed E-state index contributed by atoms with van der Waals surface area (Å²) in [6.45, 7) is 0. The topological polar surface area (TPSA) is 60.4 Å². The molecule has 0 amide bonds. The maximum atomic E-state index is 11.9. The summed E-state index contributed by atoms with van der Waals surface area (Å²) in [4.78, 5) is 11.7. The van der Waals surface area contributed by atoms with Gasteiger partial charge in [-0.05, 0) is 30.7 Å². The van der Waals surface area contributed by atoms with E-state index in [1.807, 2.05) is 0 Å². The Bertz CT molecular complexity index is 561. The number of Topliss-reactive ketones (excluding diaryl/α,β-unsaturated/α-hetero) is 1. The summed E-state index contributed by atoms with van der Waals surface area (Å²) in [7, 11) is -3.13. The van der Waals surface area contributed by atoms with Gasteiger partial charge in [0, 0.05) is 18.2 Å². The highest BCUT2D eigenvalue weighted by Crippen LogP contribution is 2.23. The molecule has 1 aromatic rings. The summed E-state index contributed by atoms with van der Waals surface area (Å²) in [5.41, 5.74) is 0.216. The van der Waals surface area contributed by atoms with Gasteiger partial charge in [0.1, 0.15) is 15.6 Å². The second kappa shape index (κ2) is 6.25. The van der Waals surface area contributed by atoms with Gasteiger partial charge in [-0.1, -0.05) is 0 Å². The summed E-state index contributed by atoms with van der Waals surface area (Å²) in [5, 5.41) is 0. The first kappa shape index (κ1) is 16.5. The van der Waals surface area contributed by atoms with E-state index in [0.29, 0.717) is 0 Å². The van der Waals surface area contributed by atoms with Crippen molar-refractivity contribution in [3.63, 3.8) is 0 Å². The highest BCUT2D eigenvalue weighted by molar-refractivity contribution is 7.90. The molecule has 20 heavy (non-hydrogen) atoms. The molecular formula is C12H13F3O4S. The highest BCUT2D eigenvalue weighted by Gasteiger charge is 2.31. The number of carbonyl (C=O) groups is 1. The molecule has 0 saturated carbocycles. The maximum Gasteiger partial charge on any atom is 0.573 e. The Labute approximate surface area is 114 Å². The van der Waals surface area contributed by atoms with Crippen LogP contribution in [0, 0.1) is 0 Å². The monoisotopic (exact) mass is 310 g/mol. The van der Waals surface area contributed by atoms with Gasteiger partial charge in [0.05, 0.1) is 5.75 Å². The summed E-state index contributed by atoms with van der Waals surface area (Å²) in [6, 6.07) is 4.50. The van der Waals surface area contributed by atoms with Crippen LogP contribution in [-0.4, -0.2) is 32.6 Å². The molecule has 0 atom stereocenters. The largest absolute Gasteiger partial charge is 0.573 e. The zero-order valence-electron chi connectivity index (χ0n) is 10.6. The number of ether oxygens (including phenoxy) is 1. The fourth-order valence-electron chi connectivity index (χ4n) is 1.48. The van der Waals surface area contributed by atoms with Gasteiger partial charge < -0.3 is 4.74 Å². The maximum absolute atomic E-state index is 11.9. The van der Waals surface area contributed by atoms with E-state index in [2.05, 4.69) is 4.74 Å². The van der Waals surface area contributed by atoms with Crippen LogP contribution >= 0.6 is 0 Å². The molecule has 0 spiro atoms. The van der Waals surface area contributed by atoms with E-state index in [-0.39, 0.29) is 29.9 Å². The predicted octanol–water partition coefficient (Wildman–Crippen LogP) is 2.59. The summed E-state index contributed by atoms with van der Waals surface area (Å²) in [6.07, 6.45) is -3.51. The first-order valence-electron chi connectivity index (χ1n) is 5.63. The molecule has 0 saturated heterocycles. The van der Waals surface area contributed by atoms with Gasteiger partial charge in [0.15, 0.2) is 5.78 Å². The van der Waals surface area contributed by atoms with Gasteiger partial charge in [-0.2, -0.15) is 0 Å². The lowest BCUT2D eigenvalue weighted by Crippen LogP contribution is -2.17. The standard InChI is InChI=1S/C12H13F3O4S/c1-20(17,18)8-2-3-11(16)9-4-6-10(7-5-9)19-12(13,14)15/h4-7H,2-3,8H2,1H3. The molecule has 0 unspecified atom stereocenters. The number of halogens is 3. The number of hydrogen-bond donors (Lipinski definition) is 0. The molecular weight excluding hydrogens is 297 g/mol. The second-order valence-corrected chi connectivity index (χ2v) is 6.49. The van der Waals surface area contributed by atoms with E-state index in [1.165, 1.54) is 12.1 Å². The van der Waals surface area contributed by atoms with E-state index in [9.17, 15) is 26.4 Å². The number of carbonyl (C=O) groups excluding carboxylic acids is 1. The number of hydrogen-bond acceptors (Lipinski definition) is 4. The Morgan fingerprint density at radius 3 is 2.20 bits per heavy atom. The summed E-state index contributed by atoms with van der Waals surface area (Å²) < 4.78 is 61.3. The van der Waals surface area contributed by atoms with Crippen molar-refractivity contribution in [1.82, 2.24) is 0 Å². The van der Waals surface area contributed by atoms with Crippen molar-refractivity contribution in [1.29, 1.82) is 0 Å². The molecule has 0 aliphatic heterocycles. The molecule has 0 N–H and O–H groups in total. The van der Waals surface area contributed by atoms with Crippen LogP contribution in [0.3, 0.4) is 0 Å². The third-order valence-corrected chi connectivity index (χ3v) is 3.36. The van der Waals surface area contributed by atoms with E-state index >= 15 is 0 Å². The molecule has 0 heterocycles. The average Bonchev–Trinajstić information content (AvgIpc) is 2.25. The van der Waals surface area contributed by atoms with Crippen LogP contribution in [0.15, 0.2) is 24.3 Å². The fraction of sp³-hybridized carbons (Fsp3) is 0.417. The predicted molar refractivity (Wildman–Crippen MR) is 66.4 cm³/mol. The zero-order valence-corrected chi connectivity index (χ0v) is 11.4. The minimum atomic E-state index is -4.78. The molecule has 0 aromatic heterocycles. The smallest absolute Gasteiger partial charge is 0.406 e. The quantitative estimate of drug-likeness (QED) is 0.758. The minimum absolute atomic E-state index is 0.0204. The van der Waals surface area contributed by atoms with Crippen LogP contribution in [0.5, 0.6) is 5.75 Å². The van der Waals surface area contributed by atoms with Crippen molar-refractivity contribution < 1.29 is 31.1 Å². The summed E-state index contributed by atoms with van der Waals surface area (Å²) in [5.74, 6) is -0.842. The normalized spacial score (nSPS) is 12.2. The SMILES string of the molecule is CS(=O)(=O)CCCC(=O)c1ccc(OC(F)(F)F)cc1. The highest BCUT2D eigenvalue weighted by atomic mass is 32.2. The molecule has 0 aliphatic carbocycles. The molecule has 0 radical (unpaired) electrons. The minimum Gasteiger partial charge on any atom is -0.406 e. The number of sulfone groups is 1. The Morgan fingerprint density at radius 2 is 1.75 bits per heavy atom. The van der Waals surface area contributed by atoms with Crippen LogP contribution in [0.1, 0.15) is 23.2 Å². The number of benzene rings is 1. The van der Waals surface area contributed by atoms with E-state index in [0.717, 1.165) is 18.4 Å². The number of alkyl halides is 3. The van der Waals surface area contributed by atoms with Crippen LogP contribution < -0.4 is 4.74 Å². The van der Waals surface area contributed by atoms with Crippen molar-refractivity contribution >= 4 is 15.6 Å². The van der Waals surface area contributed by atoms with Crippen LogP contribution in [0.4, 0.5) is 13.2 Å². The Hall–Kier alpha value is -1.57. The molecule has 0 bridgehead atoms. The van der Waals surface area contributed by atoms with Crippen molar-refractivity contribution in [2.75, 3.05) is 12.0 Å². The molecule has 0 aliphatic rings. The Morgan fingerprint density at radius 1 is 1.20 bits per heavy atom. The summed E-state index contributed by atoms with van der Waals surface area (Å²) >= 11 is 0. The van der Waals surface area contributed by atoms with Crippen molar-refractivity contribution in [3.05, 3.63) is 29.8 Å². The Balaban J connectivity index is 2.58. The average molecular weight is 310 g/mol. The lowest BCUT2D eigenvalue weighted by molar-refractivity contribution is -0.274. The molecule has 1 aromatic carbocycles. The van der Waals surface area contributed by atoms with Crippen LogP contribution in [0.25, 0.3) is 0 Å². The van der Waals surface area contributed by atoms with Crippen LogP contribution in [-0.2, 0) is 9.84 Å². The van der Waals surface area contributed by atoms with E-state index < -0.39 is 21.9 Å². The molecule has 8 heteroatoms. The lowest BCUT2D eigenvalue weighted by atomic mass is 10.1. The van der Waals surface area contributed by atoms with Gasteiger partial charge in [0.2, 0.25) is 0 Å². The van der Waals surface area contributed by atoms with Crippen molar-refractivity contribution in [3.8, 4) is 5.75 Å². The fourth-order valence-corrected chi connectivity index (χ4v) is 2.15. The van der Waals surface area contributed by atoms with Gasteiger partial charge in [0.25, 0.3) is 0 Å². The first-order chi connectivity index (χ1) is 9.07. The van der Waals surface area contributed by atoms with Gasteiger partial charge in [-0.3, -0.25) is 4.79 Å². The van der Waals surface area contributed by atoms with Gasteiger partial charge in [-0.25, -0.2) is 8.42 Å². The van der Waals surface area contributed by atoms with Crippen LogP contribution in [0.2, 0.25) is 0 Å². The molecule has 0 fully saturated rings. The van der Waals surface area contributed by atoms with Gasteiger partial charge >= 0.3 is 6.36 Å². The molecule has 1 rings (SSSR count). The van der Waals surface area contributed by atoms with E-state index in [1.54, 1.807) is 0 Å². The molecule has 112 valence electrons.